The Labute approximate surface area is 383 Å². The number of rotatable bonds is 8. The number of hydrogen-bond acceptors (Lipinski definition) is 5. The minimum atomic E-state index is -3.08. The number of carbonyl (C=O) groups excluding carboxylic acids is 1. The lowest BCUT2D eigenvalue weighted by molar-refractivity contribution is 0.0223. The molecule has 0 unspecified atom stereocenters. The highest BCUT2D eigenvalue weighted by Crippen LogP contribution is 2.61. The van der Waals surface area contributed by atoms with Gasteiger partial charge in [0.25, 0.3) is 0 Å². The van der Waals surface area contributed by atoms with Gasteiger partial charge in [0.2, 0.25) is 0 Å². The molecule has 0 aromatic heterocycles. The first-order valence-electron chi connectivity index (χ1n) is 20.9. The third-order valence-corrected chi connectivity index (χ3v) is 23.9. The Morgan fingerprint density at radius 3 is 1.21 bits per heavy atom. The lowest BCUT2D eigenvalue weighted by atomic mass is 9.77. The van der Waals surface area contributed by atoms with Crippen molar-refractivity contribution in [2.24, 2.45) is 0 Å². The first kappa shape index (κ1) is 42.1. The molecule has 5 nitrogen and oxygen atoms in total. The molecule has 312 valence electrons. The van der Waals surface area contributed by atoms with E-state index in [4.69, 9.17) is 18.3 Å². The zero-order valence-electron chi connectivity index (χ0n) is 35.9. The average Bonchev–Trinajstić information content (AvgIpc) is 3.56. The zero-order chi connectivity index (χ0) is 43.7. The number of esters is 1. The van der Waals surface area contributed by atoms with Gasteiger partial charge in [-0.3, -0.25) is 0 Å². The molecule has 0 amide bonds. The Hall–Kier alpha value is -5.20. The molecule has 0 N–H and O–H groups in total. The van der Waals surface area contributed by atoms with Gasteiger partial charge in [-0.25, -0.2) is 4.79 Å². The highest BCUT2D eigenvalue weighted by Gasteiger charge is 2.58. The molecule has 0 aliphatic carbocycles. The summed E-state index contributed by atoms with van der Waals surface area (Å²) in [4.78, 5) is 14.2. The molecule has 62 heavy (non-hydrogen) atoms. The Bertz CT molecular complexity index is 2580. The number of halogens is 2. The largest absolute Gasteiger partial charge is 0.533 e. The Morgan fingerprint density at radius 2 is 0.855 bits per heavy atom. The maximum atomic E-state index is 14.2. The van der Waals surface area contributed by atoms with E-state index in [1.807, 2.05) is 73.7 Å². The lowest BCUT2D eigenvalue weighted by Crippen LogP contribution is -2.68. The molecule has 0 fully saturated rings. The standard InChI is InChI=1S/C53H48Br2O5Si2/c1-35-21-20-30-40-45(35)50(56)58-53(40)41-31-33-43(59-61(51(2,3)4,36-22-12-8-13-23-36)37-24-14-9-15-25-37)46(54)48(41)57-49-42(53)32-34-44(47(49)55)60-62(52(5,6)7,38-26-16-10-17-27-38)39-28-18-11-19-29-39/h8-34H,1-7H3. The first-order chi connectivity index (χ1) is 29.6. The van der Waals surface area contributed by atoms with Gasteiger partial charge < -0.3 is 18.3 Å². The lowest BCUT2D eigenvalue weighted by Gasteiger charge is -2.44. The summed E-state index contributed by atoms with van der Waals surface area (Å²) in [5, 5.41) is 3.99. The molecule has 2 aliphatic heterocycles. The molecule has 9 heteroatoms. The van der Waals surface area contributed by atoms with Crippen molar-refractivity contribution in [2.45, 2.75) is 64.1 Å². The molecule has 0 radical (unpaired) electrons. The van der Waals surface area contributed by atoms with Crippen LogP contribution < -0.4 is 34.3 Å². The Kier molecular flexibility index (Phi) is 10.6. The topological polar surface area (TPSA) is 54.0 Å². The van der Waals surface area contributed by atoms with Crippen molar-refractivity contribution in [2.75, 3.05) is 0 Å². The highest BCUT2D eigenvalue weighted by molar-refractivity contribution is 9.11. The third kappa shape index (κ3) is 6.37. The SMILES string of the molecule is Cc1cccc2c1C(=O)OC21c2ccc(O[Si](c3ccccc3)(c3ccccc3)C(C)(C)C)c(Br)c2Oc2c1ccc(O[Si](c1ccccc1)(c1ccccc1)C(C)(C)C)c2Br. The number of benzene rings is 7. The van der Waals surface area contributed by atoms with Crippen LogP contribution in [0.3, 0.4) is 0 Å². The van der Waals surface area contributed by atoms with Crippen LogP contribution in [0, 0.1) is 6.92 Å². The van der Waals surface area contributed by atoms with E-state index in [-0.39, 0.29) is 16.0 Å². The normalized spacial score (nSPS) is 14.3. The minimum absolute atomic E-state index is 0.298. The van der Waals surface area contributed by atoms with E-state index in [1.165, 1.54) is 0 Å². The van der Waals surface area contributed by atoms with Crippen molar-refractivity contribution >= 4 is 75.2 Å². The summed E-state index contributed by atoms with van der Waals surface area (Å²) < 4.78 is 30.4. The number of fused-ring (bicyclic) bond motifs is 6. The molecule has 2 heterocycles. The molecule has 7 aromatic carbocycles. The van der Waals surface area contributed by atoms with Gasteiger partial charge in [0, 0.05) is 16.7 Å². The monoisotopic (exact) mass is 978 g/mol. The number of carbonyl (C=O) groups is 1. The fraction of sp³-hybridized carbons (Fsp3) is 0.189. The molecular formula is C53H48Br2O5Si2. The third-order valence-electron chi connectivity index (χ3n) is 12.5. The second-order valence-electron chi connectivity index (χ2n) is 18.2. The van der Waals surface area contributed by atoms with Gasteiger partial charge in [0.1, 0.15) is 20.4 Å². The minimum Gasteiger partial charge on any atom is -0.533 e. The number of ether oxygens (including phenoxy) is 2. The Morgan fingerprint density at radius 1 is 0.484 bits per heavy atom. The molecule has 0 saturated carbocycles. The summed E-state index contributed by atoms with van der Waals surface area (Å²) in [6.45, 7) is 15.5. The molecular weight excluding hydrogens is 933 g/mol. The van der Waals surface area contributed by atoms with Crippen molar-refractivity contribution in [3.63, 3.8) is 0 Å². The number of aryl methyl sites for hydroxylation is 1. The molecule has 1 spiro atoms. The van der Waals surface area contributed by atoms with E-state index in [1.54, 1.807) is 0 Å². The van der Waals surface area contributed by atoms with E-state index in [0.29, 0.717) is 48.6 Å². The summed E-state index contributed by atoms with van der Waals surface area (Å²) in [6.07, 6.45) is 0. The Balaban J connectivity index is 1.28. The summed E-state index contributed by atoms with van der Waals surface area (Å²) in [6, 6.07) is 56.2. The van der Waals surface area contributed by atoms with E-state index in [9.17, 15) is 4.79 Å². The first-order valence-corrected chi connectivity index (χ1v) is 26.3. The van der Waals surface area contributed by atoms with Crippen LogP contribution in [-0.4, -0.2) is 22.6 Å². The summed E-state index contributed by atoms with van der Waals surface area (Å²) >= 11 is 8.11. The maximum absolute atomic E-state index is 14.2. The van der Waals surface area contributed by atoms with Crippen LogP contribution in [0.1, 0.15) is 74.2 Å². The van der Waals surface area contributed by atoms with Crippen LogP contribution in [0.2, 0.25) is 10.1 Å². The zero-order valence-corrected chi connectivity index (χ0v) is 41.1. The predicted octanol–water partition coefficient (Wildman–Crippen LogP) is 12.0. The van der Waals surface area contributed by atoms with Crippen LogP contribution in [0.5, 0.6) is 23.0 Å². The van der Waals surface area contributed by atoms with E-state index in [2.05, 4.69) is 170 Å². The predicted molar refractivity (Wildman–Crippen MR) is 261 cm³/mol. The molecule has 0 bridgehead atoms. The fourth-order valence-corrected chi connectivity index (χ4v) is 19.9. The molecule has 7 aromatic rings. The highest BCUT2D eigenvalue weighted by atomic mass is 79.9. The van der Waals surface area contributed by atoms with Crippen molar-refractivity contribution < 1.29 is 23.1 Å². The van der Waals surface area contributed by atoms with Crippen molar-refractivity contribution in [3.05, 3.63) is 201 Å². The summed E-state index contributed by atoms with van der Waals surface area (Å²) in [5.41, 5.74) is 2.20. The van der Waals surface area contributed by atoms with Crippen molar-refractivity contribution in [1.29, 1.82) is 0 Å². The molecule has 9 rings (SSSR count). The van der Waals surface area contributed by atoms with Crippen molar-refractivity contribution in [3.8, 4) is 23.0 Å². The van der Waals surface area contributed by atoms with Gasteiger partial charge in [-0.2, -0.15) is 0 Å². The van der Waals surface area contributed by atoms with Crippen LogP contribution in [0.15, 0.2) is 173 Å². The van der Waals surface area contributed by atoms with Crippen LogP contribution in [0.4, 0.5) is 0 Å². The van der Waals surface area contributed by atoms with Gasteiger partial charge >= 0.3 is 22.6 Å². The van der Waals surface area contributed by atoms with Crippen LogP contribution >= 0.6 is 31.9 Å². The molecule has 2 aliphatic rings. The maximum Gasteiger partial charge on any atom is 0.340 e. The average molecular weight is 981 g/mol. The second-order valence-corrected chi connectivity index (χ2v) is 28.2. The van der Waals surface area contributed by atoms with E-state index in [0.717, 1.165) is 31.9 Å². The van der Waals surface area contributed by atoms with E-state index < -0.39 is 22.2 Å². The van der Waals surface area contributed by atoms with Gasteiger partial charge in [0.05, 0.1) is 5.56 Å². The smallest absolute Gasteiger partial charge is 0.340 e. The van der Waals surface area contributed by atoms with Crippen molar-refractivity contribution in [1.82, 2.24) is 0 Å². The van der Waals surface area contributed by atoms with E-state index >= 15 is 0 Å². The van der Waals surface area contributed by atoms with Gasteiger partial charge in [-0.15, -0.1) is 0 Å². The van der Waals surface area contributed by atoms with Gasteiger partial charge in [-0.1, -0.05) is 181 Å². The molecule has 0 atom stereocenters. The second kappa shape index (κ2) is 15.6. The van der Waals surface area contributed by atoms with Gasteiger partial charge in [0.15, 0.2) is 17.1 Å². The van der Waals surface area contributed by atoms with Crippen LogP contribution in [0.25, 0.3) is 0 Å². The van der Waals surface area contributed by atoms with Gasteiger partial charge in [-0.05, 0) is 99.4 Å². The fourth-order valence-electron chi connectivity index (χ4n) is 9.74. The quantitative estimate of drug-likeness (QED) is 0.112. The summed E-state index contributed by atoms with van der Waals surface area (Å²) in [7, 11) is -6.16. The molecule has 0 saturated heterocycles. The van der Waals surface area contributed by atoms with Crippen LogP contribution in [-0.2, 0) is 10.3 Å². The number of hydrogen-bond donors (Lipinski definition) is 0. The summed E-state index contributed by atoms with van der Waals surface area (Å²) in [5.74, 6) is 1.86.